The van der Waals surface area contributed by atoms with Gasteiger partial charge in [0.15, 0.2) is 12.0 Å². The minimum absolute atomic E-state index is 0.163. The molecule has 7 aromatic rings. The van der Waals surface area contributed by atoms with Gasteiger partial charge in [0.25, 0.3) is 0 Å². The summed E-state index contributed by atoms with van der Waals surface area (Å²) >= 11 is -0.599. The molecule has 5 nitrogen and oxygen atoms in total. The maximum Gasteiger partial charge on any atom is 0.479 e. The minimum atomic E-state index is -4.56. The largest absolute Gasteiger partial charge is 0.479 e. The second-order valence-corrected chi connectivity index (χ2v) is 10.9. The molecule has 0 saturated carbocycles. The van der Waals surface area contributed by atoms with Crippen molar-refractivity contribution in [1.29, 1.82) is 0 Å². The molecule has 4 aromatic heterocycles. The van der Waals surface area contributed by atoms with Crippen LogP contribution in [0, 0.1) is 0 Å². The fourth-order valence-corrected chi connectivity index (χ4v) is 6.13. The standard InChI is InChI=1S/C35H23F3N4OS/c36-35(37,38)44-43-32-22-24(18-21-40-32)30-17-16-28-29-23-39-20-19-31(29)42(33(28)41-30)34(25-10-4-1-5-11-25,26-12-6-2-7-13-26)27-14-8-3-9-15-27/h1-23H. The van der Waals surface area contributed by atoms with Gasteiger partial charge in [-0.1, -0.05) is 91.0 Å². The highest BCUT2D eigenvalue weighted by Crippen LogP contribution is 2.46. The molecule has 0 saturated heterocycles. The van der Waals surface area contributed by atoms with E-state index in [4.69, 9.17) is 9.17 Å². The van der Waals surface area contributed by atoms with Crippen molar-refractivity contribution >= 4 is 34.0 Å². The van der Waals surface area contributed by atoms with Crippen molar-refractivity contribution in [3.63, 3.8) is 0 Å². The van der Waals surface area contributed by atoms with E-state index in [1.54, 1.807) is 12.3 Å². The van der Waals surface area contributed by atoms with Crippen LogP contribution in [-0.4, -0.2) is 25.0 Å². The summed E-state index contributed by atoms with van der Waals surface area (Å²) in [6, 6.07) is 39.9. The number of hydrogen-bond acceptors (Lipinski definition) is 5. The van der Waals surface area contributed by atoms with E-state index in [2.05, 4.69) is 50.9 Å². The zero-order valence-electron chi connectivity index (χ0n) is 23.0. The van der Waals surface area contributed by atoms with E-state index in [0.717, 1.165) is 33.0 Å². The topological polar surface area (TPSA) is 52.8 Å². The van der Waals surface area contributed by atoms with Gasteiger partial charge in [0, 0.05) is 41.0 Å². The summed E-state index contributed by atoms with van der Waals surface area (Å²) in [5, 5.41) is 1.82. The van der Waals surface area contributed by atoms with Crippen LogP contribution in [0.2, 0.25) is 0 Å². The van der Waals surface area contributed by atoms with Gasteiger partial charge < -0.3 is 8.75 Å². The lowest BCUT2D eigenvalue weighted by atomic mass is 9.76. The summed E-state index contributed by atoms with van der Waals surface area (Å²) in [7, 11) is 0. The first kappa shape index (κ1) is 27.7. The van der Waals surface area contributed by atoms with E-state index in [1.165, 1.54) is 12.3 Å². The maximum absolute atomic E-state index is 12.8. The zero-order valence-corrected chi connectivity index (χ0v) is 23.8. The van der Waals surface area contributed by atoms with Crippen molar-refractivity contribution in [1.82, 2.24) is 19.5 Å². The predicted molar refractivity (Wildman–Crippen MR) is 167 cm³/mol. The molecule has 0 aliphatic carbocycles. The molecule has 216 valence electrons. The second-order valence-electron chi connectivity index (χ2n) is 10.1. The van der Waals surface area contributed by atoms with Gasteiger partial charge in [-0.15, -0.1) is 0 Å². The number of fused-ring (bicyclic) bond motifs is 3. The van der Waals surface area contributed by atoms with Crippen LogP contribution in [0.25, 0.3) is 33.2 Å². The molecule has 9 heteroatoms. The molecule has 0 aliphatic rings. The number of rotatable bonds is 7. The Balaban J connectivity index is 1.56. The Morgan fingerprint density at radius 1 is 0.659 bits per heavy atom. The Morgan fingerprint density at radius 2 is 1.27 bits per heavy atom. The lowest BCUT2D eigenvalue weighted by molar-refractivity contribution is -0.0370. The quantitative estimate of drug-likeness (QED) is 0.134. The average Bonchev–Trinajstić information content (AvgIpc) is 3.40. The van der Waals surface area contributed by atoms with Crippen LogP contribution in [0.3, 0.4) is 0 Å². The summed E-state index contributed by atoms with van der Waals surface area (Å²) < 4.78 is 45.5. The van der Waals surface area contributed by atoms with E-state index in [9.17, 15) is 13.2 Å². The number of nitrogens with zero attached hydrogens (tertiary/aromatic N) is 4. The van der Waals surface area contributed by atoms with Crippen LogP contribution in [-0.2, 0) is 5.54 Å². The molecule has 0 fully saturated rings. The van der Waals surface area contributed by atoms with Gasteiger partial charge in [0.1, 0.15) is 11.2 Å². The molecule has 4 heterocycles. The van der Waals surface area contributed by atoms with Crippen LogP contribution < -0.4 is 4.18 Å². The van der Waals surface area contributed by atoms with Crippen molar-refractivity contribution in [3.05, 3.63) is 157 Å². The molecule has 0 amide bonds. The van der Waals surface area contributed by atoms with Crippen LogP contribution in [0.1, 0.15) is 16.7 Å². The predicted octanol–water partition coefficient (Wildman–Crippen LogP) is 9.03. The smallest absolute Gasteiger partial charge is 0.397 e. The van der Waals surface area contributed by atoms with Gasteiger partial charge in [0.05, 0.1) is 11.2 Å². The number of pyridine rings is 3. The number of halogens is 3. The average molecular weight is 605 g/mol. The Morgan fingerprint density at radius 3 is 1.86 bits per heavy atom. The molecule has 0 atom stereocenters. The van der Waals surface area contributed by atoms with Gasteiger partial charge in [0.2, 0.25) is 5.88 Å². The van der Waals surface area contributed by atoms with Crippen molar-refractivity contribution in [2.24, 2.45) is 0 Å². The van der Waals surface area contributed by atoms with Crippen LogP contribution in [0.15, 0.2) is 140 Å². The fourth-order valence-electron chi connectivity index (χ4n) is 5.86. The number of benzene rings is 3. The first-order valence-electron chi connectivity index (χ1n) is 13.8. The number of aromatic nitrogens is 4. The van der Waals surface area contributed by atoms with Crippen LogP contribution >= 0.6 is 12.0 Å². The third kappa shape index (κ3) is 4.85. The van der Waals surface area contributed by atoms with Crippen molar-refractivity contribution in [3.8, 4) is 17.1 Å². The third-order valence-electron chi connectivity index (χ3n) is 7.58. The maximum atomic E-state index is 12.8. The second kappa shape index (κ2) is 11.2. The monoisotopic (exact) mass is 604 g/mol. The molecule has 7 rings (SSSR count). The highest BCUT2D eigenvalue weighted by Gasteiger charge is 2.41. The van der Waals surface area contributed by atoms with Crippen molar-refractivity contribution in [2.45, 2.75) is 11.0 Å². The van der Waals surface area contributed by atoms with Gasteiger partial charge in [-0.25, -0.2) is 9.97 Å². The minimum Gasteiger partial charge on any atom is -0.397 e. The van der Waals surface area contributed by atoms with E-state index >= 15 is 0 Å². The third-order valence-corrected chi connectivity index (χ3v) is 8.02. The van der Waals surface area contributed by atoms with Gasteiger partial charge in [-0.05, 0) is 41.0 Å². The van der Waals surface area contributed by atoms with Crippen LogP contribution in [0.4, 0.5) is 13.2 Å². The Labute approximate surface area is 255 Å². The molecule has 0 N–H and O–H groups in total. The Kier molecular flexibility index (Phi) is 7.02. The van der Waals surface area contributed by atoms with Crippen LogP contribution in [0.5, 0.6) is 5.88 Å². The van der Waals surface area contributed by atoms with Crippen molar-refractivity contribution < 1.29 is 17.4 Å². The molecule has 0 bridgehead atoms. The summed E-state index contributed by atoms with van der Waals surface area (Å²) in [6.45, 7) is 0. The number of hydrogen-bond donors (Lipinski definition) is 0. The first-order valence-corrected chi connectivity index (χ1v) is 14.5. The van der Waals surface area contributed by atoms with Gasteiger partial charge in [-0.3, -0.25) is 4.98 Å². The summed E-state index contributed by atoms with van der Waals surface area (Å²) in [4.78, 5) is 13.6. The number of alkyl halides is 3. The molecule has 0 unspecified atom stereocenters. The van der Waals surface area contributed by atoms with E-state index in [1.807, 2.05) is 79.0 Å². The lowest BCUT2D eigenvalue weighted by Gasteiger charge is -2.38. The fraction of sp³-hybridized carbons (Fsp3) is 0.0571. The zero-order chi connectivity index (χ0) is 30.1. The highest BCUT2D eigenvalue weighted by atomic mass is 32.2. The molecule has 0 spiro atoms. The molecule has 0 radical (unpaired) electrons. The van der Waals surface area contributed by atoms with Gasteiger partial charge in [-0.2, -0.15) is 13.2 Å². The lowest BCUT2D eigenvalue weighted by Crippen LogP contribution is -2.37. The Bertz CT molecular complexity index is 1970. The summed E-state index contributed by atoms with van der Waals surface area (Å²) in [5.41, 5.74) is 0.423. The molecule has 0 aliphatic heterocycles. The molecule has 3 aromatic carbocycles. The summed E-state index contributed by atoms with van der Waals surface area (Å²) in [6.07, 6.45) is 5.03. The van der Waals surface area contributed by atoms with Crippen molar-refractivity contribution in [2.75, 3.05) is 0 Å². The van der Waals surface area contributed by atoms with E-state index in [-0.39, 0.29) is 5.88 Å². The normalized spacial score (nSPS) is 12.1. The Hall–Kier alpha value is -5.15. The summed E-state index contributed by atoms with van der Waals surface area (Å²) in [5.74, 6) is -0.163. The SMILES string of the molecule is FC(F)(F)SOc1cc(-c2ccc3c4cnccc4n(C(c4ccccc4)(c4ccccc4)c4ccccc4)c3n2)ccn1. The van der Waals surface area contributed by atoms with Gasteiger partial charge >= 0.3 is 5.51 Å². The molecule has 44 heavy (non-hydrogen) atoms. The molecular weight excluding hydrogens is 581 g/mol. The molecular formula is C35H23F3N4OS. The van der Waals surface area contributed by atoms with E-state index < -0.39 is 23.1 Å². The highest BCUT2D eigenvalue weighted by molar-refractivity contribution is 7.95. The first-order chi connectivity index (χ1) is 21.4. The van der Waals surface area contributed by atoms with E-state index in [0.29, 0.717) is 16.9 Å².